The molecular formula is C18H27ClN4O2. The monoisotopic (exact) mass is 366 g/mol. The molecule has 1 N–H and O–H groups in total. The molecule has 0 spiro atoms. The van der Waals surface area contributed by atoms with E-state index in [9.17, 15) is 9.59 Å². The number of nitrogens with one attached hydrogen (secondary N) is 1. The zero-order valence-corrected chi connectivity index (χ0v) is 15.4. The molecule has 2 fully saturated rings. The molecule has 1 saturated carbocycles. The molecule has 1 aromatic rings. The topological polar surface area (TPSA) is 67.2 Å². The summed E-state index contributed by atoms with van der Waals surface area (Å²) < 4.78 is 1.11. The summed E-state index contributed by atoms with van der Waals surface area (Å²) in [6.45, 7) is 3.10. The largest absolute Gasteiger partial charge is 0.350 e. The molecule has 0 aromatic carbocycles. The fraction of sp³-hybridized carbons (Fsp3) is 0.722. The molecule has 3 rings (SSSR count). The van der Waals surface area contributed by atoms with E-state index in [0.29, 0.717) is 0 Å². The molecule has 25 heavy (non-hydrogen) atoms. The average molecular weight is 367 g/mol. The van der Waals surface area contributed by atoms with Gasteiger partial charge >= 0.3 is 0 Å². The standard InChI is InChI=1S/C18H27ClN4O2/c19-16-8-9-18(25)23(21-16)13-17(24)20-15-7-4-10-22(12-15)11-14-5-2-1-3-6-14/h8-9,14-15H,1-7,10-13H2,(H,20,24). The van der Waals surface area contributed by atoms with Crippen molar-refractivity contribution in [1.29, 1.82) is 0 Å². The summed E-state index contributed by atoms with van der Waals surface area (Å²) in [6, 6.07) is 2.91. The highest BCUT2D eigenvalue weighted by atomic mass is 35.5. The number of carbonyl (C=O) groups excluding carboxylic acids is 1. The van der Waals surface area contributed by atoms with Gasteiger partial charge in [0.05, 0.1) is 0 Å². The first kappa shape index (κ1) is 18.4. The van der Waals surface area contributed by atoms with E-state index < -0.39 is 0 Å². The third-order valence-corrected chi connectivity index (χ3v) is 5.44. The maximum Gasteiger partial charge on any atom is 0.267 e. The number of aromatic nitrogens is 2. The molecule has 0 bridgehead atoms. The molecule has 2 aliphatic rings. The van der Waals surface area contributed by atoms with Crippen molar-refractivity contribution >= 4 is 17.5 Å². The lowest BCUT2D eigenvalue weighted by molar-refractivity contribution is -0.123. The van der Waals surface area contributed by atoms with Gasteiger partial charge in [0, 0.05) is 25.2 Å². The molecule has 1 aromatic heterocycles. The van der Waals surface area contributed by atoms with Crippen LogP contribution in [-0.2, 0) is 11.3 Å². The summed E-state index contributed by atoms with van der Waals surface area (Å²) in [5, 5.41) is 7.17. The lowest BCUT2D eigenvalue weighted by Crippen LogP contribution is -2.50. The van der Waals surface area contributed by atoms with Crippen LogP contribution in [0.15, 0.2) is 16.9 Å². The summed E-state index contributed by atoms with van der Waals surface area (Å²) in [7, 11) is 0. The van der Waals surface area contributed by atoms with E-state index in [1.54, 1.807) is 0 Å². The second kappa shape index (κ2) is 8.81. The van der Waals surface area contributed by atoms with Gasteiger partial charge in [-0.1, -0.05) is 30.9 Å². The van der Waals surface area contributed by atoms with Crippen LogP contribution in [0.5, 0.6) is 0 Å². The quantitative estimate of drug-likeness (QED) is 0.866. The van der Waals surface area contributed by atoms with Crippen molar-refractivity contribution in [2.24, 2.45) is 5.92 Å². The Kier molecular flexibility index (Phi) is 6.48. The zero-order valence-electron chi connectivity index (χ0n) is 14.6. The van der Waals surface area contributed by atoms with Crippen LogP contribution < -0.4 is 10.9 Å². The smallest absolute Gasteiger partial charge is 0.267 e. The van der Waals surface area contributed by atoms with Crippen LogP contribution in [0.3, 0.4) is 0 Å². The lowest BCUT2D eigenvalue weighted by Gasteiger charge is -2.36. The highest BCUT2D eigenvalue weighted by Gasteiger charge is 2.24. The van der Waals surface area contributed by atoms with Gasteiger partial charge in [0.1, 0.15) is 11.7 Å². The lowest BCUT2D eigenvalue weighted by atomic mass is 9.88. The first-order valence-electron chi connectivity index (χ1n) is 9.35. The number of hydrogen-bond donors (Lipinski definition) is 1. The molecule has 7 heteroatoms. The van der Waals surface area contributed by atoms with Crippen LogP contribution >= 0.6 is 11.6 Å². The zero-order chi connectivity index (χ0) is 17.6. The van der Waals surface area contributed by atoms with E-state index in [1.165, 1.54) is 44.2 Å². The van der Waals surface area contributed by atoms with E-state index in [2.05, 4.69) is 15.3 Å². The molecule has 1 aliphatic carbocycles. The van der Waals surface area contributed by atoms with E-state index in [-0.39, 0.29) is 29.2 Å². The number of carbonyl (C=O) groups is 1. The number of nitrogens with zero attached hydrogens (tertiary/aromatic N) is 3. The minimum atomic E-state index is -0.317. The van der Waals surface area contributed by atoms with Gasteiger partial charge in [-0.15, -0.1) is 0 Å². The predicted octanol–water partition coefficient (Wildman–Crippen LogP) is 2.06. The van der Waals surface area contributed by atoms with Gasteiger partial charge in [0.25, 0.3) is 5.56 Å². The van der Waals surface area contributed by atoms with Crippen molar-refractivity contribution in [2.45, 2.75) is 57.5 Å². The Morgan fingerprint density at radius 1 is 1.20 bits per heavy atom. The summed E-state index contributed by atoms with van der Waals surface area (Å²) in [4.78, 5) is 26.5. The second-order valence-corrected chi connectivity index (χ2v) is 7.71. The summed E-state index contributed by atoms with van der Waals surface area (Å²) in [6.07, 6.45) is 8.89. The van der Waals surface area contributed by atoms with Gasteiger partial charge in [-0.3, -0.25) is 9.59 Å². The molecule has 1 atom stereocenters. The minimum Gasteiger partial charge on any atom is -0.350 e. The van der Waals surface area contributed by atoms with E-state index in [1.807, 2.05) is 0 Å². The first-order chi connectivity index (χ1) is 12.1. The molecule has 1 aliphatic heterocycles. The molecule has 1 amide bonds. The van der Waals surface area contributed by atoms with E-state index >= 15 is 0 Å². The van der Waals surface area contributed by atoms with Crippen molar-refractivity contribution in [3.8, 4) is 0 Å². The highest BCUT2D eigenvalue weighted by molar-refractivity contribution is 6.29. The van der Waals surface area contributed by atoms with Crippen molar-refractivity contribution in [3.05, 3.63) is 27.6 Å². The molecule has 0 radical (unpaired) electrons. The number of halogens is 1. The molecule has 138 valence electrons. The van der Waals surface area contributed by atoms with Crippen molar-refractivity contribution < 1.29 is 4.79 Å². The molecule has 1 saturated heterocycles. The van der Waals surface area contributed by atoms with Crippen LogP contribution in [0.25, 0.3) is 0 Å². The highest BCUT2D eigenvalue weighted by Crippen LogP contribution is 2.25. The predicted molar refractivity (Wildman–Crippen MR) is 97.7 cm³/mol. The van der Waals surface area contributed by atoms with Gasteiger partial charge < -0.3 is 10.2 Å². The Balaban J connectivity index is 1.49. The van der Waals surface area contributed by atoms with E-state index in [4.69, 9.17) is 11.6 Å². The second-order valence-electron chi connectivity index (χ2n) is 7.32. The van der Waals surface area contributed by atoms with Gasteiger partial charge in [-0.2, -0.15) is 5.10 Å². The molecule has 6 nitrogen and oxygen atoms in total. The molecular weight excluding hydrogens is 340 g/mol. The average Bonchev–Trinajstić information content (AvgIpc) is 2.59. The fourth-order valence-corrected chi connectivity index (χ4v) is 4.17. The Morgan fingerprint density at radius 3 is 2.80 bits per heavy atom. The summed E-state index contributed by atoms with van der Waals surface area (Å²) >= 11 is 5.79. The number of piperidine rings is 1. The molecule has 1 unspecified atom stereocenters. The third kappa shape index (κ3) is 5.54. The number of likely N-dealkylation sites (tertiary alicyclic amines) is 1. The van der Waals surface area contributed by atoms with Crippen molar-refractivity contribution in [3.63, 3.8) is 0 Å². The van der Waals surface area contributed by atoms with Gasteiger partial charge in [-0.05, 0) is 44.2 Å². The normalized spacial score (nSPS) is 22.7. The van der Waals surface area contributed by atoms with Gasteiger partial charge in [-0.25, -0.2) is 4.68 Å². The number of amides is 1. The number of rotatable bonds is 5. The van der Waals surface area contributed by atoms with Crippen LogP contribution in [0.1, 0.15) is 44.9 Å². The Hall–Kier alpha value is -1.40. The van der Waals surface area contributed by atoms with Gasteiger partial charge in [0.2, 0.25) is 5.91 Å². The van der Waals surface area contributed by atoms with Crippen LogP contribution in [-0.4, -0.2) is 46.3 Å². The Morgan fingerprint density at radius 2 is 2.00 bits per heavy atom. The Bertz CT molecular complexity index is 642. The maximum absolute atomic E-state index is 12.3. The van der Waals surface area contributed by atoms with Crippen molar-refractivity contribution in [2.75, 3.05) is 19.6 Å². The van der Waals surface area contributed by atoms with Gasteiger partial charge in [0.15, 0.2) is 0 Å². The SMILES string of the molecule is O=C(Cn1nc(Cl)ccc1=O)NC1CCCN(CC2CCCCC2)C1. The number of hydrogen-bond acceptors (Lipinski definition) is 4. The van der Waals surface area contributed by atoms with E-state index in [0.717, 1.165) is 43.1 Å². The van der Waals surface area contributed by atoms with Crippen LogP contribution in [0, 0.1) is 5.92 Å². The Labute approximate surface area is 153 Å². The van der Waals surface area contributed by atoms with Crippen molar-refractivity contribution in [1.82, 2.24) is 20.0 Å². The fourth-order valence-electron chi connectivity index (χ4n) is 4.02. The minimum absolute atomic E-state index is 0.0848. The summed E-state index contributed by atoms with van der Waals surface area (Å²) in [5.74, 6) is 0.638. The first-order valence-corrected chi connectivity index (χ1v) is 9.73. The van der Waals surface area contributed by atoms with Crippen LogP contribution in [0.4, 0.5) is 0 Å². The maximum atomic E-state index is 12.3. The third-order valence-electron chi connectivity index (χ3n) is 5.24. The summed E-state index contributed by atoms with van der Waals surface area (Å²) in [5.41, 5.74) is -0.317. The van der Waals surface area contributed by atoms with Crippen LogP contribution in [0.2, 0.25) is 5.15 Å². The molecule has 2 heterocycles.